The molecule has 16 heavy (non-hydrogen) atoms. The van der Waals surface area contributed by atoms with Gasteiger partial charge in [0.05, 0.1) is 6.61 Å². The Hall–Kier alpha value is -0.380. The normalized spacial score (nSPS) is 20.2. The molecule has 0 radical (unpaired) electrons. The van der Waals surface area contributed by atoms with Crippen LogP contribution in [0.3, 0.4) is 0 Å². The van der Waals surface area contributed by atoms with Crippen LogP contribution >= 0.6 is 15.9 Å². The number of halogens is 1. The summed E-state index contributed by atoms with van der Waals surface area (Å²) in [5, 5.41) is 3.17. The van der Waals surface area contributed by atoms with Gasteiger partial charge in [-0.25, -0.2) is 0 Å². The Labute approximate surface area is 106 Å². The van der Waals surface area contributed by atoms with Crippen molar-refractivity contribution in [1.29, 1.82) is 0 Å². The van der Waals surface area contributed by atoms with Gasteiger partial charge in [0.2, 0.25) is 0 Å². The number of rotatable bonds is 4. The van der Waals surface area contributed by atoms with Crippen molar-refractivity contribution in [2.24, 2.45) is 0 Å². The molecule has 1 fully saturated rings. The third kappa shape index (κ3) is 2.84. The molecule has 2 nitrogen and oxygen atoms in total. The van der Waals surface area contributed by atoms with Gasteiger partial charge in [-0.15, -0.1) is 0 Å². The molecular weight excluding hydrogens is 266 g/mol. The van der Waals surface area contributed by atoms with Crippen LogP contribution in [0.25, 0.3) is 0 Å². The smallest absolute Gasteiger partial charge is 0.0535 e. The maximum atomic E-state index is 5.43. The number of hydrogen-bond donors (Lipinski definition) is 1. The van der Waals surface area contributed by atoms with Crippen LogP contribution in [0.2, 0.25) is 0 Å². The van der Waals surface area contributed by atoms with Gasteiger partial charge in [0, 0.05) is 17.0 Å². The topological polar surface area (TPSA) is 21.3 Å². The van der Waals surface area contributed by atoms with Gasteiger partial charge in [-0.05, 0) is 43.6 Å². The van der Waals surface area contributed by atoms with Crippen LogP contribution < -0.4 is 5.32 Å². The van der Waals surface area contributed by atoms with Crippen LogP contribution in [0.5, 0.6) is 0 Å². The van der Waals surface area contributed by atoms with E-state index < -0.39 is 0 Å². The van der Waals surface area contributed by atoms with Gasteiger partial charge in [-0.3, -0.25) is 0 Å². The van der Waals surface area contributed by atoms with Gasteiger partial charge >= 0.3 is 0 Å². The quantitative estimate of drug-likeness (QED) is 0.918. The molecule has 0 aromatic heterocycles. The molecule has 1 aliphatic heterocycles. The van der Waals surface area contributed by atoms with Gasteiger partial charge in [0.15, 0.2) is 0 Å². The second-order valence-electron chi connectivity index (χ2n) is 4.27. The molecule has 1 atom stereocenters. The van der Waals surface area contributed by atoms with Crippen molar-refractivity contribution in [1.82, 2.24) is 5.32 Å². The predicted octanol–water partition coefficient (Wildman–Crippen LogP) is 2.71. The van der Waals surface area contributed by atoms with E-state index in [1.807, 2.05) is 7.05 Å². The summed E-state index contributed by atoms with van der Waals surface area (Å²) in [5.41, 5.74) is 2.77. The maximum Gasteiger partial charge on any atom is 0.0535 e. The Morgan fingerprint density at radius 1 is 1.50 bits per heavy atom. The van der Waals surface area contributed by atoms with Crippen molar-refractivity contribution in [2.75, 3.05) is 26.8 Å². The first-order valence-corrected chi connectivity index (χ1v) is 6.61. The van der Waals surface area contributed by atoms with Gasteiger partial charge < -0.3 is 10.1 Å². The third-order valence-electron chi connectivity index (χ3n) is 3.10. The third-order valence-corrected chi connectivity index (χ3v) is 3.78. The number of ether oxygens (including phenoxy) is 1. The first-order valence-electron chi connectivity index (χ1n) is 5.82. The van der Waals surface area contributed by atoms with Crippen molar-refractivity contribution in [2.45, 2.75) is 18.8 Å². The molecular formula is C13H18BrNO. The molecule has 1 aromatic carbocycles. The molecule has 1 N–H and O–H groups in total. The van der Waals surface area contributed by atoms with Crippen molar-refractivity contribution in [3.05, 3.63) is 33.8 Å². The average Bonchev–Trinajstić information content (AvgIpc) is 2.80. The van der Waals surface area contributed by atoms with Crippen LogP contribution in [0, 0.1) is 0 Å². The second kappa shape index (κ2) is 5.80. The molecule has 0 aliphatic carbocycles. The molecule has 1 aliphatic rings. The molecule has 0 spiro atoms. The Kier molecular flexibility index (Phi) is 4.38. The highest BCUT2D eigenvalue weighted by Crippen LogP contribution is 2.31. The molecule has 0 bridgehead atoms. The van der Waals surface area contributed by atoms with Crippen LogP contribution in [-0.4, -0.2) is 26.8 Å². The summed E-state index contributed by atoms with van der Waals surface area (Å²) in [6.45, 7) is 2.80. The van der Waals surface area contributed by atoms with Crippen LogP contribution in [0.15, 0.2) is 22.7 Å². The fraction of sp³-hybridized carbons (Fsp3) is 0.538. The highest BCUT2D eigenvalue weighted by Gasteiger charge is 2.19. The molecule has 3 heteroatoms. The van der Waals surface area contributed by atoms with E-state index in [4.69, 9.17) is 4.74 Å². The maximum absolute atomic E-state index is 5.43. The SMILES string of the molecule is CNCCc1ccc(C2CCOC2)c(Br)c1. The van der Waals surface area contributed by atoms with Gasteiger partial charge in [-0.2, -0.15) is 0 Å². The zero-order valence-electron chi connectivity index (χ0n) is 9.63. The lowest BCUT2D eigenvalue weighted by Crippen LogP contribution is -2.10. The lowest BCUT2D eigenvalue weighted by atomic mass is 9.97. The Balaban J connectivity index is 2.09. The van der Waals surface area contributed by atoms with Crippen LogP contribution in [-0.2, 0) is 11.2 Å². The summed E-state index contributed by atoms with van der Waals surface area (Å²) in [6.07, 6.45) is 2.23. The molecule has 2 rings (SSSR count). The van der Waals surface area contributed by atoms with E-state index in [9.17, 15) is 0 Å². The van der Waals surface area contributed by atoms with Gasteiger partial charge in [0.25, 0.3) is 0 Å². The summed E-state index contributed by atoms with van der Waals surface area (Å²) >= 11 is 3.67. The largest absolute Gasteiger partial charge is 0.381 e. The molecule has 1 saturated heterocycles. The number of likely N-dealkylation sites (N-methyl/N-ethyl adjacent to an activating group) is 1. The van der Waals surface area contributed by atoms with Crippen LogP contribution in [0.4, 0.5) is 0 Å². The summed E-state index contributed by atoms with van der Waals surface area (Å²) in [7, 11) is 1.99. The monoisotopic (exact) mass is 283 g/mol. The van der Waals surface area contributed by atoms with E-state index >= 15 is 0 Å². The van der Waals surface area contributed by atoms with Crippen LogP contribution in [0.1, 0.15) is 23.5 Å². The molecule has 1 aromatic rings. The number of hydrogen-bond acceptors (Lipinski definition) is 2. The highest BCUT2D eigenvalue weighted by atomic mass is 79.9. The molecule has 1 unspecified atom stereocenters. The van der Waals surface area contributed by atoms with E-state index in [0.29, 0.717) is 5.92 Å². The molecule has 0 amide bonds. The summed E-state index contributed by atoms with van der Waals surface area (Å²) in [4.78, 5) is 0. The van der Waals surface area contributed by atoms with E-state index in [1.54, 1.807) is 0 Å². The summed E-state index contributed by atoms with van der Waals surface area (Å²) in [6, 6.07) is 6.72. The Morgan fingerprint density at radius 3 is 3.00 bits per heavy atom. The Bertz CT molecular complexity index is 348. The lowest BCUT2D eigenvalue weighted by Gasteiger charge is -2.12. The van der Waals surface area contributed by atoms with E-state index in [1.165, 1.54) is 15.6 Å². The molecule has 0 saturated carbocycles. The van der Waals surface area contributed by atoms with Crippen molar-refractivity contribution >= 4 is 15.9 Å². The molecule has 1 heterocycles. The first-order chi connectivity index (χ1) is 7.81. The van der Waals surface area contributed by atoms with Crippen molar-refractivity contribution < 1.29 is 4.74 Å². The fourth-order valence-corrected chi connectivity index (χ4v) is 2.86. The standard InChI is InChI=1S/C13H18BrNO/c1-15-6-4-10-2-3-12(13(14)8-10)11-5-7-16-9-11/h2-3,8,11,15H,4-7,9H2,1H3. The zero-order chi connectivity index (χ0) is 11.4. The average molecular weight is 284 g/mol. The van der Waals surface area contributed by atoms with E-state index in [-0.39, 0.29) is 0 Å². The van der Waals surface area contributed by atoms with Gasteiger partial charge in [0.1, 0.15) is 0 Å². The van der Waals surface area contributed by atoms with Crippen molar-refractivity contribution in [3.8, 4) is 0 Å². The van der Waals surface area contributed by atoms with E-state index in [0.717, 1.165) is 32.6 Å². The summed E-state index contributed by atoms with van der Waals surface area (Å²) in [5.74, 6) is 0.577. The van der Waals surface area contributed by atoms with E-state index in [2.05, 4.69) is 39.4 Å². The first kappa shape index (κ1) is 12.1. The fourth-order valence-electron chi connectivity index (χ4n) is 2.11. The number of benzene rings is 1. The summed E-state index contributed by atoms with van der Waals surface area (Å²) < 4.78 is 6.66. The minimum atomic E-state index is 0.577. The minimum Gasteiger partial charge on any atom is -0.381 e. The lowest BCUT2D eigenvalue weighted by molar-refractivity contribution is 0.194. The van der Waals surface area contributed by atoms with Crippen molar-refractivity contribution in [3.63, 3.8) is 0 Å². The second-order valence-corrected chi connectivity index (χ2v) is 5.12. The number of nitrogens with one attached hydrogen (secondary N) is 1. The Morgan fingerprint density at radius 2 is 2.38 bits per heavy atom. The highest BCUT2D eigenvalue weighted by molar-refractivity contribution is 9.10. The zero-order valence-corrected chi connectivity index (χ0v) is 11.2. The minimum absolute atomic E-state index is 0.577. The van der Waals surface area contributed by atoms with Gasteiger partial charge in [-0.1, -0.05) is 28.1 Å². The predicted molar refractivity (Wildman–Crippen MR) is 69.9 cm³/mol. The molecule has 88 valence electrons.